The minimum absolute atomic E-state index is 0.594. The topological polar surface area (TPSA) is 43.9 Å². The van der Waals surface area contributed by atoms with Crippen LogP contribution in [0.25, 0.3) is 83.3 Å². The SMILES string of the molecule is c1ccc(-c2ccc(-n3c4ccccc4c4cc(-c5nc(-c6ccccc6)nc6oc7ccccc7c56)ccc43)cc2)cc1. The van der Waals surface area contributed by atoms with Gasteiger partial charge in [0.25, 0.3) is 0 Å². The number of benzene rings is 6. The number of aromatic nitrogens is 3. The smallest absolute Gasteiger partial charge is 0.231 e. The fourth-order valence-electron chi connectivity index (χ4n) is 6.38. The Kier molecular flexibility index (Phi) is 5.47. The molecule has 6 aromatic carbocycles. The highest BCUT2D eigenvalue weighted by atomic mass is 16.3. The molecule has 3 aromatic heterocycles. The molecule has 0 radical (unpaired) electrons. The van der Waals surface area contributed by atoms with Crippen molar-refractivity contribution >= 4 is 43.9 Å². The predicted molar refractivity (Wildman–Crippen MR) is 180 cm³/mol. The Morgan fingerprint density at radius 1 is 0.455 bits per heavy atom. The molecule has 0 aliphatic carbocycles. The maximum atomic E-state index is 6.28. The Labute approximate surface area is 253 Å². The average Bonchev–Trinajstić information content (AvgIpc) is 3.64. The van der Waals surface area contributed by atoms with Crippen LogP contribution >= 0.6 is 0 Å². The molecule has 0 spiro atoms. The van der Waals surface area contributed by atoms with Crippen molar-refractivity contribution in [3.8, 4) is 39.5 Å². The fourth-order valence-corrected chi connectivity index (χ4v) is 6.38. The molecule has 4 heteroatoms. The van der Waals surface area contributed by atoms with Crippen LogP contribution in [0.15, 0.2) is 156 Å². The summed E-state index contributed by atoms with van der Waals surface area (Å²) in [6, 6.07) is 52.8. The van der Waals surface area contributed by atoms with E-state index in [9.17, 15) is 0 Å². The lowest BCUT2D eigenvalue weighted by Gasteiger charge is -2.10. The van der Waals surface area contributed by atoms with E-state index in [1.807, 2.05) is 54.6 Å². The van der Waals surface area contributed by atoms with Crippen LogP contribution in [0.3, 0.4) is 0 Å². The molecular weight excluding hydrogens is 538 g/mol. The molecule has 9 aromatic rings. The second-order valence-corrected chi connectivity index (χ2v) is 11.0. The van der Waals surface area contributed by atoms with Crippen molar-refractivity contribution in [2.24, 2.45) is 0 Å². The Morgan fingerprint density at radius 2 is 1.07 bits per heavy atom. The Morgan fingerprint density at radius 3 is 1.86 bits per heavy atom. The van der Waals surface area contributed by atoms with Crippen LogP contribution in [0.1, 0.15) is 0 Å². The van der Waals surface area contributed by atoms with Crippen molar-refractivity contribution < 1.29 is 4.42 Å². The number of furan rings is 1. The van der Waals surface area contributed by atoms with Gasteiger partial charge in [-0.1, -0.05) is 115 Å². The largest absolute Gasteiger partial charge is 0.438 e. The molecule has 206 valence electrons. The van der Waals surface area contributed by atoms with Crippen LogP contribution in [-0.2, 0) is 0 Å². The summed E-state index contributed by atoms with van der Waals surface area (Å²) in [4.78, 5) is 10.0. The van der Waals surface area contributed by atoms with Gasteiger partial charge in [0, 0.05) is 33.0 Å². The van der Waals surface area contributed by atoms with Gasteiger partial charge < -0.3 is 8.98 Å². The lowest BCUT2D eigenvalue weighted by Crippen LogP contribution is -1.95. The lowest BCUT2D eigenvalue weighted by molar-refractivity contribution is 0.653. The minimum Gasteiger partial charge on any atom is -0.438 e. The van der Waals surface area contributed by atoms with Gasteiger partial charge in [-0.25, -0.2) is 4.98 Å². The third-order valence-corrected chi connectivity index (χ3v) is 8.45. The summed E-state index contributed by atoms with van der Waals surface area (Å²) in [5.41, 5.74) is 10.1. The first-order chi connectivity index (χ1) is 21.8. The molecule has 0 fully saturated rings. The van der Waals surface area contributed by atoms with Gasteiger partial charge in [0.05, 0.1) is 22.1 Å². The molecular formula is C40H25N3O. The molecule has 3 heterocycles. The zero-order chi connectivity index (χ0) is 29.0. The molecule has 0 saturated heterocycles. The molecule has 4 nitrogen and oxygen atoms in total. The molecule has 0 saturated carbocycles. The Bertz CT molecular complexity index is 2470. The summed E-state index contributed by atoms with van der Waals surface area (Å²) in [6.45, 7) is 0. The number of hydrogen-bond acceptors (Lipinski definition) is 3. The van der Waals surface area contributed by atoms with Crippen molar-refractivity contribution in [3.05, 3.63) is 152 Å². The van der Waals surface area contributed by atoms with E-state index in [1.54, 1.807) is 0 Å². The van der Waals surface area contributed by atoms with E-state index < -0.39 is 0 Å². The van der Waals surface area contributed by atoms with E-state index in [2.05, 4.69) is 102 Å². The Hall–Kier alpha value is -6.00. The fraction of sp³-hybridized carbons (Fsp3) is 0. The molecule has 0 amide bonds. The van der Waals surface area contributed by atoms with Gasteiger partial charge in [-0.05, 0) is 47.5 Å². The minimum atomic E-state index is 0.594. The Balaban J connectivity index is 1.27. The van der Waals surface area contributed by atoms with Gasteiger partial charge >= 0.3 is 0 Å². The van der Waals surface area contributed by atoms with Crippen LogP contribution in [0, 0.1) is 0 Å². The van der Waals surface area contributed by atoms with E-state index >= 15 is 0 Å². The maximum absolute atomic E-state index is 6.28. The summed E-state index contributed by atoms with van der Waals surface area (Å²) < 4.78 is 8.63. The number of nitrogens with zero attached hydrogens (tertiary/aromatic N) is 3. The van der Waals surface area contributed by atoms with Gasteiger partial charge in [0.2, 0.25) is 5.71 Å². The first-order valence-electron chi connectivity index (χ1n) is 14.8. The molecule has 0 unspecified atom stereocenters. The molecule has 0 aliphatic heterocycles. The van der Waals surface area contributed by atoms with Crippen molar-refractivity contribution in [3.63, 3.8) is 0 Å². The molecule has 0 aliphatic rings. The van der Waals surface area contributed by atoms with Crippen LogP contribution in [0.2, 0.25) is 0 Å². The third kappa shape index (κ3) is 3.85. The summed E-state index contributed by atoms with van der Waals surface area (Å²) in [5.74, 6) is 0.646. The standard InChI is InChI=1S/C40H25N3O/c1-3-11-26(12-4-1)27-19-22-30(23-20-27)43-34-17-9-7-15-31(34)33-25-29(21-24-35(33)43)38-37-32-16-8-10-18-36(32)44-40(37)42-39(41-38)28-13-5-2-6-14-28/h1-25H. The molecule has 0 atom stereocenters. The first-order valence-corrected chi connectivity index (χ1v) is 14.8. The van der Waals surface area contributed by atoms with E-state index in [0.717, 1.165) is 44.4 Å². The van der Waals surface area contributed by atoms with Crippen LogP contribution in [0.5, 0.6) is 0 Å². The van der Waals surface area contributed by atoms with Gasteiger partial charge in [0.15, 0.2) is 5.82 Å². The van der Waals surface area contributed by atoms with E-state index in [0.29, 0.717) is 11.5 Å². The van der Waals surface area contributed by atoms with E-state index in [-0.39, 0.29) is 0 Å². The van der Waals surface area contributed by atoms with Crippen molar-refractivity contribution in [2.45, 2.75) is 0 Å². The monoisotopic (exact) mass is 563 g/mol. The second kappa shape index (κ2) is 9.79. The maximum Gasteiger partial charge on any atom is 0.231 e. The van der Waals surface area contributed by atoms with Crippen molar-refractivity contribution in [2.75, 3.05) is 0 Å². The van der Waals surface area contributed by atoms with Gasteiger partial charge in [0.1, 0.15) is 5.58 Å². The van der Waals surface area contributed by atoms with Gasteiger partial charge in [-0.2, -0.15) is 4.98 Å². The normalized spacial score (nSPS) is 11.6. The van der Waals surface area contributed by atoms with Crippen molar-refractivity contribution in [1.29, 1.82) is 0 Å². The second-order valence-electron chi connectivity index (χ2n) is 11.0. The molecule has 44 heavy (non-hydrogen) atoms. The van der Waals surface area contributed by atoms with Crippen LogP contribution in [-0.4, -0.2) is 14.5 Å². The molecule has 0 N–H and O–H groups in total. The highest BCUT2D eigenvalue weighted by molar-refractivity contribution is 6.14. The van der Waals surface area contributed by atoms with Crippen LogP contribution < -0.4 is 0 Å². The molecule has 0 bridgehead atoms. The van der Waals surface area contributed by atoms with E-state index in [1.165, 1.54) is 27.4 Å². The summed E-state index contributed by atoms with van der Waals surface area (Å²) in [5, 5.41) is 4.31. The summed E-state index contributed by atoms with van der Waals surface area (Å²) in [6.07, 6.45) is 0. The number of rotatable bonds is 4. The predicted octanol–water partition coefficient (Wildman–Crippen LogP) is 10.5. The highest BCUT2D eigenvalue weighted by Gasteiger charge is 2.20. The zero-order valence-electron chi connectivity index (χ0n) is 23.7. The van der Waals surface area contributed by atoms with Gasteiger partial charge in [-0.15, -0.1) is 0 Å². The molecule has 9 rings (SSSR count). The van der Waals surface area contributed by atoms with Crippen LogP contribution in [0.4, 0.5) is 0 Å². The zero-order valence-corrected chi connectivity index (χ0v) is 23.7. The number of para-hydroxylation sites is 2. The van der Waals surface area contributed by atoms with Gasteiger partial charge in [-0.3, -0.25) is 0 Å². The quantitative estimate of drug-likeness (QED) is 0.214. The summed E-state index contributed by atoms with van der Waals surface area (Å²) >= 11 is 0. The lowest BCUT2D eigenvalue weighted by atomic mass is 10.0. The number of fused-ring (bicyclic) bond motifs is 6. The highest BCUT2D eigenvalue weighted by Crippen LogP contribution is 2.39. The van der Waals surface area contributed by atoms with Crippen molar-refractivity contribution in [1.82, 2.24) is 14.5 Å². The van der Waals surface area contributed by atoms with E-state index in [4.69, 9.17) is 14.4 Å². The third-order valence-electron chi connectivity index (χ3n) is 8.45. The number of hydrogen-bond donors (Lipinski definition) is 0. The summed E-state index contributed by atoms with van der Waals surface area (Å²) in [7, 11) is 0. The first kappa shape index (κ1) is 24.6. The average molecular weight is 564 g/mol.